The number of carbonyl (C=O) groups is 1. The second-order valence-electron chi connectivity index (χ2n) is 7.32. The summed E-state index contributed by atoms with van der Waals surface area (Å²) in [7, 11) is 0.417. The van der Waals surface area contributed by atoms with Crippen LogP contribution >= 0.6 is 0 Å². The van der Waals surface area contributed by atoms with Crippen molar-refractivity contribution < 1.29 is 13.2 Å². The average molecular weight is 352 g/mol. The van der Waals surface area contributed by atoms with E-state index in [9.17, 15) is 13.2 Å². The molecule has 1 amide bonds. The molecule has 132 valence electrons. The monoisotopic (exact) mass is 352 g/mol. The minimum Gasteiger partial charge on any atom is -0.347 e. The average Bonchev–Trinajstić information content (AvgIpc) is 2.92. The van der Waals surface area contributed by atoms with Crippen molar-refractivity contribution in [3.63, 3.8) is 0 Å². The van der Waals surface area contributed by atoms with E-state index in [1.165, 1.54) is 0 Å². The number of aromatic nitrogens is 2. The van der Waals surface area contributed by atoms with Crippen LogP contribution < -0.4 is 4.90 Å². The molecular formula is C16H24N4O3S. The van der Waals surface area contributed by atoms with E-state index in [4.69, 9.17) is 0 Å². The van der Waals surface area contributed by atoms with Crippen LogP contribution in [-0.4, -0.2) is 61.6 Å². The molecule has 8 heteroatoms. The molecule has 2 aliphatic heterocycles. The molecule has 2 aliphatic rings. The van der Waals surface area contributed by atoms with Crippen LogP contribution in [0, 0.1) is 5.92 Å². The maximum absolute atomic E-state index is 12.6. The lowest BCUT2D eigenvalue weighted by Gasteiger charge is -2.26. The van der Waals surface area contributed by atoms with Gasteiger partial charge in [0.1, 0.15) is 0 Å². The summed E-state index contributed by atoms with van der Waals surface area (Å²) in [5.74, 6) is 0.559. The van der Waals surface area contributed by atoms with Crippen LogP contribution in [0.5, 0.6) is 0 Å². The molecule has 0 saturated carbocycles. The number of fused-ring (bicyclic) bond motifs is 3. The maximum atomic E-state index is 12.6. The number of carbonyl (C=O) groups excluding carboxylic acids is 1. The lowest BCUT2D eigenvalue weighted by Crippen LogP contribution is -2.36. The zero-order chi connectivity index (χ0) is 17.6. The predicted octanol–water partition coefficient (Wildman–Crippen LogP) is 0.811. The number of amides is 1. The molecule has 1 fully saturated rings. The first kappa shape index (κ1) is 17.1. The van der Waals surface area contributed by atoms with Crippen LogP contribution in [-0.2, 0) is 20.4 Å². The Labute approximate surface area is 143 Å². The number of likely N-dealkylation sites (tertiary alicyclic amines) is 1. The molecule has 0 bridgehead atoms. The van der Waals surface area contributed by atoms with E-state index in [2.05, 4.69) is 9.97 Å². The van der Waals surface area contributed by atoms with E-state index >= 15 is 0 Å². The van der Waals surface area contributed by atoms with Gasteiger partial charge in [-0.2, -0.15) is 0 Å². The standard InChI is InChI=1S/C16H24N4O3S/c1-10(2)5-14(21)20-7-12-13(8-20)24(22,23)9-11-6-17-16(19(3)4)18-15(11)12/h6,10,12-13H,5,7-9H2,1-4H3/t12-,13+/m0/s1. The summed E-state index contributed by atoms with van der Waals surface area (Å²) in [5, 5.41) is -0.550. The summed E-state index contributed by atoms with van der Waals surface area (Å²) in [6, 6.07) is 0. The summed E-state index contributed by atoms with van der Waals surface area (Å²) in [4.78, 5) is 24.7. The Kier molecular flexibility index (Phi) is 4.27. The van der Waals surface area contributed by atoms with Crippen molar-refractivity contribution in [3.05, 3.63) is 17.5 Å². The van der Waals surface area contributed by atoms with Crippen LogP contribution in [0.4, 0.5) is 5.95 Å². The lowest BCUT2D eigenvalue weighted by molar-refractivity contribution is -0.130. The Morgan fingerprint density at radius 2 is 2.08 bits per heavy atom. The number of anilines is 1. The molecule has 0 aromatic carbocycles. The van der Waals surface area contributed by atoms with E-state index in [0.29, 0.717) is 24.5 Å². The Morgan fingerprint density at radius 1 is 1.38 bits per heavy atom. The van der Waals surface area contributed by atoms with E-state index in [1.54, 1.807) is 16.0 Å². The first-order valence-electron chi connectivity index (χ1n) is 8.21. The number of nitrogens with zero attached hydrogens (tertiary/aromatic N) is 4. The van der Waals surface area contributed by atoms with Crippen molar-refractivity contribution in [1.29, 1.82) is 0 Å². The van der Waals surface area contributed by atoms with E-state index < -0.39 is 15.1 Å². The molecule has 3 heterocycles. The van der Waals surface area contributed by atoms with Gasteiger partial charge in [-0.1, -0.05) is 13.8 Å². The third-order valence-corrected chi connectivity index (χ3v) is 6.77. The molecule has 1 saturated heterocycles. The fraction of sp³-hybridized carbons (Fsp3) is 0.688. The van der Waals surface area contributed by atoms with Crippen LogP contribution in [0.2, 0.25) is 0 Å². The van der Waals surface area contributed by atoms with Crippen LogP contribution in [0.25, 0.3) is 0 Å². The molecule has 1 aromatic rings. The lowest BCUT2D eigenvalue weighted by atomic mass is 10.00. The molecule has 0 aliphatic carbocycles. The van der Waals surface area contributed by atoms with Gasteiger partial charge in [0.15, 0.2) is 9.84 Å². The molecular weight excluding hydrogens is 328 g/mol. The minimum atomic E-state index is -3.29. The Bertz CT molecular complexity index is 761. The van der Waals surface area contributed by atoms with Crippen molar-refractivity contribution in [2.75, 3.05) is 32.1 Å². The van der Waals surface area contributed by atoms with Crippen molar-refractivity contribution in [1.82, 2.24) is 14.9 Å². The second kappa shape index (κ2) is 5.98. The van der Waals surface area contributed by atoms with Gasteiger partial charge in [-0.15, -0.1) is 0 Å². The molecule has 3 rings (SSSR count). The normalized spacial score (nSPS) is 24.6. The van der Waals surface area contributed by atoms with Crippen molar-refractivity contribution >= 4 is 21.7 Å². The molecule has 0 spiro atoms. The first-order valence-corrected chi connectivity index (χ1v) is 9.93. The van der Waals surface area contributed by atoms with Gasteiger partial charge in [-0.05, 0) is 5.92 Å². The highest BCUT2D eigenvalue weighted by atomic mass is 32.2. The van der Waals surface area contributed by atoms with Gasteiger partial charge in [-0.3, -0.25) is 4.79 Å². The molecule has 7 nitrogen and oxygen atoms in total. The van der Waals surface area contributed by atoms with Crippen molar-refractivity contribution in [2.45, 2.75) is 37.2 Å². The number of hydrogen-bond acceptors (Lipinski definition) is 6. The minimum absolute atomic E-state index is 0.0260. The van der Waals surface area contributed by atoms with Gasteiger partial charge >= 0.3 is 0 Å². The highest BCUT2D eigenvalue weighted by Gasteiger charge is 2.48. The quantitative estimate of drug-likeness (QED) is 0.800. The topological polar surface area (TPSA) is 83.5 Å². The summed E-state index contributed by atoms with van der Waals surface area (Å²) in [6.45, 7) is 4.68. The smallest absolute Gasteiger partial charge is 0.225 e. The first-order chi connectivity index (χ1) is 11.2. The number of hydrogen-bond donors (Lipinski definition) is 0. The SMILES string of the molecule is CC(C)CC(=O)N1C[C@@H]2c3nc(N(C)C)ncc3CS(=O)(=O)[C@@H]2C1. The molecule has 24 heavy (non-hydrogen) atoms. The Balaban J connectivity index is 1.96. The number of rotatable bonds is 3. The summed E-state index contributed by atoms with van der Waals surface area (Å²) < 4.78 is 25.3. The van der Waals surface area contributed by atoms with Crippen molar-refractivity contribution in [2.24, 2.45) is 5.92 Å². The van der Waals surface area contributed by atoms with Gasteiger partial charge in [0, 0.05) is 51.3 Å². The fourth-order valence-corrected chi connectivity index (χ4v) is 5.46. The predicted molar refractivity (Wildman–Crippen MR) is 91.5 cm³/mol. The third kappa shape index (κ3) is 2.99. The van der Waals surface area contributed by atoms with Gasteiger partial charge in [0.2, 0.25) is 11.9 Å². The zero-order valence-corrected chi connectivity index (χ0v) is 15.4. The summed E-state index contributed by atoms with van der Waals surface area (Å²) in [6.07, 6.45) is 2.06. The highest BCUT2D eigenvalue weighted by Crippen LogP contribution is 2.39. The third-order valence-electron chi connectivity index (χ3n) is 4.66. The van der Waals surface area contributed by atoms with E-state index in [-0.39, 0.29) is 30.0 Å². The molecule has 1 aromatic heterocycles. The van der Waals surface area contributed by atoms with Crippen LogP contribution in [0.3, 0.4) is 0 Å². The number of sulfone groups is 1. The molecule has 0 unspecified atom stereocenters. The zero-order valence-electron chi connectivity index (χ0n) is 14.6. The van der Waals surface area contributed by atoms with Gasteiger partial charge in [0.05, 0.1) is 16.7 Å². The van der Waals surface area contributed by atoms with Gasteiger partial charge in [-0.25, -0.2) is 18.4 Å². The summed E-state index contributed by atoms with van der Waals surface area (Å²) >= 11 is 0. The Morgan fingerprint density at radius 3 is 2.71 bits per heavy atom. The van der Waals surface area contributed by atoms with E-state index in [0.717, 1.165) is 5.69 Å². The molecule has 2 atom stereocenters. The second-order valence-corrected chi connectivity index (χ2v) is 9.54. The van der Waals surface area contributed by atoms with Gasteiger partial charge < -0.3 is 9.80 Å². The summed E-state index contributed by atoms with van der Waals surface area (Å²) in [5.41, 5.74) is 1.45. The Hall–Kier alpha value is -1.70. The fourth-order valence-electron chi connectivity index (χ4n) is 3.46. The largest absolute Gasteiger partial charge is 0.347 e. The van der Waals surface area contributed by atoms with Gasteiger partial charge in [0.25, 0.3) is 0 Å². The van der Waals surface area contributed by atoms with Crippen LogP contribution in [0.1, 0.15) is 37.4 Å². The molecule has 0 N–H and O–H groups in total. The molecule has 0 radical (unpaired) electrons. The maximum Gasteiger partial charge on any atom is 0.225 e. The van der Waals surface area contributed by atoms with Crippen molar-refractivity contribution in [3.8, 4) is 0 Å². The van der Waals surface area contributed by atoms with Crippen LogP contribution in [0.15, 0.2) is 6.20 Å². The highest BCUT2D eigenvalue weighted by molar-refractivity contribution is 7.91. The van der Waals surface area contributed by atoms with E-state index in [1.807, 2.05) is 27.9 Å².